The molecule has 0 saturated carbocycles. The molecule has 13 heavy (non-hydrogen) atoms. The minimum atomic E-state index is -1.15. The van der Waals surface area contributed by atoms with Crippen LogP contribution in [0.25, 0.3) is 0 Å². The Morgan fingerprint density at radius 1 is 1.31 bits per heavy atom. The van der Waals surface area contributed by atoms with Crippen LogP contribution in [0.3, 0.4) is 0 Å². The number of halogens is 3. The third-order valence-corrected chi connectivity index (χ3v) is 2.10. The van der Waals surface area contributed by atoms with Crippen LogP contribution in [0.5, 0.6) is 5.75 Å². The maximum atomic E-state index is 10.9. The van der Waals surface area contributed by atoms with Gasteiger partial charge in [-0.05, 0) is 24.3 Å². The van der Waals surface area contributed by atoms with Crippen molar-refractivity contribution in [1.82, 2.24) is 0 Å². The quantitative estimate of drug-likeness (QED) is 0.473. The number of rotatable bonds is 2. The molecule has 0 amide bonds. The molecule has 0 radical (unpaired) electrons. The monoisotopic (exact) mass is 282 g/mol. The summed E-state index contributed by atoms with van der Waals surface area (Å²) >= 11 is 13.8. The van der Waals surface area contributed by atoms with E-state index in [4.69, 9.17) is 27.9 Å². The highest BCUT2D eigenvalue weighted by Crippen LogP contribution is 2.17. The number of esters is 1. The van der Waals surface area contributed by atoms with Gasteiger partial charge in [0, 0.05) is 4.47 Å². The number of carbonyl (C=O) groups is 1. The molecule has 0 spiro atoms. The van der Waals surface area contributed by atoms with Crippen LogP contribution in [0.15, 0.2) is 28.7 Å². The molecule has 2 nitrogen and oxygen atoms in total. The number of carbonyl (C=O) groups excluding carboxylic acids is 1. The molecule has 1 aromatic carbocycles. The van der Waals surface area contributed by atoms with E-state index in [-0.39, 0.29) is 0 Å². The van der Waals surface area contributed by atoms with Gasteiger partial charge in [-0.1, -0.05) is 39.1 Å². The predicted octanol–water partition coefficient (Wildman–Crippen LogP) is 3.16. The van der Waals surface area contributed by atoms with E-state index in [9.17, 15) is 4.79 Å². The van der Waals surface area contributed by atoms with Crippen LogP contribution >= 0.6 is 39.1 Å². The molecule has 0 aliphatic carbocycles. The van der Waals surface area contributed by atoms with E-state index < -0.39 is 10.8 Å². The van der Waals surface area contributed by atoms with Crippen LogP contribution in [0.4, 0.5) is 0 Å². The molecule has 0 aliphatic heterocycles. The second kappa shape index (κ2) is 4.84. The first-order valence-corrected chi connectivity index (χ1v) is 5.01. The van der Waals surface area contributed by atoms with Crippen molar-refractivity contribution in [1.29, 1.82) is 0 Å². The molecule has 5 heteroatoms. The normalized spacial score (nSPS) is 10.2. The van der Waals surface area contributed by atoms with E-state index in [2.05, 4.69) is 15.9 Å². The van der Waals surface area contributed by atoms with Crippen molar-refractivity contribution in [2.45, 2.75) is 4.84 Å². The van der Waals surface area contributed by atoms with Crippen LogP contribution in [-0.2, 0) is 4.79 Å². The lowest BCUT2D eigenvalue weighted by Gasteiger charge is -2.03. The molecule has 0 unspecified atom stereocenters. The van der Waals surface area contributed by atoms with Crippen molar-refractivity contribution in [3.63, 3.8) is 0 Å². The summed E-state index contributed by atoms with van der Waals surface area (Å²) in [6, 6.07) is 6.77. The summed E-state index contributed by atoms with van der Waals surface area (Å²) in [7, 11) is 0. The van der Waals surface area contributed by atoms with E-state index in [1.807, 2.05) is 0 Å². The fourth-order valence-electron chi connectivity index (χ4n) is 0.663. The van der Waals surface area contributed by atoms with Crippen LogP contribution in [0, 0.1) is 0 Å². The SMILES string of the molecule is O=C(Oc1ccc(Br)cc1)C(Cl)Cl. The molecule has 1 rings (SSSR count). The Kier molecular flexibility index (Phi) is 4.03. The Bertz CT molecular complexity index is 298. The summed E-state index contributed by atoms with van der Waals surface area (Å²) in [4.78, 5) is 9.75. The average Bonchev–Trinajstić information content (AvgIpc) is 2.08. The predicted molar refractivity (Wildman–Crippen MR) is 55.3 cm³/mol. The zero-order valence-corrected chi connectivity index (χ0v) is 9.43. The molecule has 0 heterocycles. The van der Waals surface area contributed by atoms with E-state index >= 15 is 0 Å². The fraction of sp³-hybridized carbons (Fsp3) is 0.125. The first-order valence-electron chi connectivity index (χ1n) is 3.35. The van der Waals surface area contributed by atoms with Gasteiger partial charge in [0.05, 0.1) is 0 Å². The van der Waals surface area contributed by atoms with E-state index in [1.54, 1.807) is 24.3 Å². The average molecular weight is 284 g/mol. The fourth-order valence-corrected chi connectivity index (χ4v) is 1.02. The first kappa shape index (κ1) is 10.8. The summed E-state index contributed by atoms with van der Waals surface area (Å²) in [5.41, 5.74) is 0. The number of hydrogen-bond donors (Lipinski definition) is 0. The van der Waals surface area contributed by atoms with Gasteiger partial charge in [-0.2, -0.15) is 0 Å². The number of ether oxygens (including phenoxy) is 1. The molecule has 0 N–H and O–H groups in total. The lowest BCUT2D eigenvalue weighted by Crippen LogP contribution is -2.15. The maximum absolute atomic E-state index is 10.9. The standard InChI is InChI=1S/C8H5BrCl2O2/c9-5-1-3-6(4-2-5)13-8(12)7(10)11/h1-4,7H. The molecule has 0 saturated heterocycles. The Morgan fingerprint density at radius 2 is 1.85 bits per heavy atom. The van der Waals surface area contributed by atoms with Crippen molar-refractivity contribution in [3.05, 3.63) is 28.7 Å². The Hall–Kier alpha value is -0.250. The summed E-state index contributed by atoms with van der Waals surface area (Å²) in [5, 5.41) is 0. The van der Waals surface area contributed by atoms with Crippen LogP contribution in [0.1, 0.15) is 0 Å². The Labute approximate surface area is 93.9 Å². The zero-order valence-electron chi connectivity index (χ0n) is 6.34. The molecule has 0 aromatic heterocycles. The van der Waals surface area contributed by atoms with Gasteiger partial charge in [0.15, 0.2) is 0 Å². The van der Waals surface area contributed by atoms with Gasteiger partial charge in [0.2, 0.25) is 4.84 Å². The Balaban J connectivity index is 2.65. The van der Waals surface area contributed by atoms with Crippen LogP contribution in [-0.4, -0.2) is 10.8 Å². The molecule has 0 aliphatic rings. The molecule has 1 aromatic rings. The highest BCUT2D eigenvalue weighted by molar-refractivity contribution is 9.10. The molecular formula is C8H5BrCl2O2. The topological polar surface area (TPSA) is 26.3 Å². The number of hydrogen-bond acceptors (Lipinski definition) is 2. The van der Waals surface area contributed by atoms with Crippen molar-refractivity contribution >= 4 is 45.1 Å². The van der Waals surface area contributed by atoms with Crippen molar-refractivity contribution in [3.8, 4) is 5.75 Å². The third kappa shape index (κ3) is 3.55. The molecule has 70 valence electrons. The van der Waals surface area contributed by atoms with Gasteiger partial charge in [-0.25, -0.2) is 4.79 Å². The zero-order chi connectivity index (χ0) is 9.84. The van der Waals surface area contributed by atoms with Gasteiger partial charge in [0.25, 0.3) is 0 Å². The second-order valence-corrected chi connectivity index (χ2v) is 4.19. The molecule has 0 atom stereocenters. The van der Waals surface area contributed by atoms with E-state index in [0.29, 0.717) is 5.75 Å². The summed E-state index contributed by atoms with van der Waals surface area (Å²) in [6.07, 6.45) is 0. The van der Waals surface area contributed by atoms with Crippen molar-refractivity contribution in [2.75, 3.05) is 0 Å². The minimum absolute atomic E-state index is 0.416. The first-order chi connectivity index (χ1) is 6.09. The van der Waals surface area contributed by atoms with Gasteiger partial charge >= 0.3 is 5.97 Å². The van der Waals surface area contributed by atoms with E-state index in [1.165, 1.54) is 0 Å². The summed E-state index contributed by atoms with van der Waals surface area (Å²) in [5.74, 6) is -0.259. The summed E-state index contributed by atoms with van der Waals surface area (Å²) < 4.78 is 5.71. The maximum Gasteiger partial charge on any atom is 0.344 e. The van der Waals surface area contributed by atoms with E-state index in [0.717, 1.165) is 4.47 Å². The van der Waals surface area contributed by atoms with Crippen LogP contribution < -0.4 is 4.74 Å². The molecular weight excluding hydrogens is 279 g/mol. The van der Waals surface area contributed by atoms with Crippen molar-refractivity contribution < 1.29 is 9.53 Å². The van der Waals surface area contributed by atoms with Gasteiger partial charge in [0.1, 0.15) is 5.75 Å². The highest BCUT2D eigenvalue weighted by atomic mass is 79.9. The second-order valence-electron chi connectivity index (χ2n) is 2.18. The number of benzene rings is 1. The smallest absolute Gasteiger partial charge is 0.344 e. The minimum Gasteiger partial charge on any atom is -0.425 e. The van der Waals surface area contributed by atoms with Gasteiger partial charge < -0.3 is 4.74 Å². The van der Waals surface area contributed by atoms with Crippen LogP contribution in [0.2, 0.25) is 0 Å². The summed E-state index contributed by atoms with van der Waals surface area (Å²) in [6.45, 7) is 0. The molecule has 0 bridgehead atoms. The third-order valence-electron chi connectivity index (χ3n) is 1.21. The molecule has 0 fully saturated rings. The van der Waals surface area contributed by atoms with Crippen molar-refractivity contribution in [2.24, 2.45) is 0 Å². The van der Waals surface area contributed by atoms with Gasteiger partial charge in [-0.15, -0.1) is 0 Å². The Morgan fingerprint density at radius 3 is 2.31 bits per heavy atom. The highest BCUT2D eigenvalue weighted by Gasteiger charge is 2.13. The lowest BCUT2D eigenvalue weighted by molar-refractivity contribution is -0.132. The number of alkyl halides is 2. The largest absolute Gasteiger partial charge is 0.425 e. The lowest BCUT2D eigenvalue weighted by atomic mass is 10.3. The van der Waals surface area contributed by atoms with Gasteiger partial charge in [-0.3, -0.25) is 0 Å².